The normalized spacial score (nSPS) is 30.5. The summed E-state index contributed by atoms with van der Waals surface area (Å²) in [7, 11) is 1.64. The van der Waals surface area contributed by atoms with Gasteiger partial charge in [0.25, 0.3) is 0 Å². The fourth-order valence-corrected chi connectivity index (χ4v) is 3.97. The predicted molar refractivity (Wildman–Crippen MR) is 108 cm³/mol. The van der Waals surface area contributed by atoms with Crippen molar-refractivity contribution in [2.24, 2.45) is 11.8 Å². The number of fused-ring (bicyclic) bond motifs is 1. The van der Waals surface area contributed by atoms with Crippen LogP contribution in [0, 0.1) is 11.8 Å². The van der Waals surface area contributed by atoms with Crippen molar-refractivity contribution < 1.29 is 19.0 Å². The molecule has 0 spiro atoms. The van der Waals surface area contributed by atoms with Crippen molar-refractivity contribution in [2.75, 3.05) is 7.11 Å². The van der Waals surface area contributed by atoms with Crippen LogP contribution in [0.4, 0.5) is 0 Å². The van der Waals surface area contributed by atoms with Crippen molar-refractivity contribution in [2.45, 2.75) is 72.4 Å². The lowest BCUT2D eigenvalue weighted by Gasteiger charge is -2.43. The van der Waals surface area contributed by atoms with Gasteiger partial charge in [-0.1, -0.05) is 41.5 Å². The Balaban J connectivity index is 2.43. The smallest absolute Gasteiger partial charge is 0.304 e. The number of hydrogen-bond donors (Lipinski definition) is 0. The monoisotopic (exact) mass is 374 g/mol. The van der Waals surface area contributed by atoms with E-state index in [9.17, 15) is 4.79 Å². The number of hydrogen-bond acceptors (Lipinski definition) is 4. The first-order valence-electron chi connectivity index (χ1n) is 9.85. The Hall–Kier alpha value is -1.65. The summed E-state index contributed by atoms with van der Waals surface area (Å²) in [6.45, 7) is 12.1. The average molecular weight is 375 g/mol. The highest BCUT2D eigenvalue weighted by Crippen LogP contribution is 2.44. The lowest BCUT2D eigenvalue weighted by Crippen LogP contribution is -2.46. The zero-order chi connectivity index (χ0) is 20.0. The third-order valence-electron chi connectivity index (χ3n) is 5.34. The molecular formula is C23H34O4. The minimum absolute atomic E-state index is 0.0439. The van der Waals surface area contributed by atoms with Gasteiger partial charge in [-0.15, -0.1) is 0 Å². The maximum Gasteiger partial charge on any atom is 0.304 e. The molecule has 4 nitrogen and oxygen atoms in total. The van der Waals surface area contributed by atoms with Crippen LogP contribution < -0.4 is 0 Å². The minimum atomic E-state index is -0.649. The molecule has 4 unspecified atom stereocenters. The molecule has 0 aromatic heterocycles. The van der Waals surface area contributed by atoms with Gasteiger partial charge in [0.1, 0.15) is 0 Å². The van der Waals surface area contributed by atoms with Crippen LogP contribution in [0.2, 0.25) is 0 Å². The zero-order valence-electron chi connectivity index (χ0n) is 17.4. The number of carbonyl (C=O) groups excluding carboxylic acids is 1. The Morgan fingerprint density at radius 2 is 2.07 bits per heavy atom. The van der Waals surface area contributed by atoms with Gasteiger partial charge in [0.05, 0.1) is 0 Å². The van der Waals surface area contributed by atoms with Crippen molar-refractivity contribution >= 4 is 5.97 Å². The van der Waals surface area contributed by atoms with E-state index in [1.54, 1.807) is 7.11 Å². The van der Waals surface area contributed by atoms with Gasteiger partial charge in [0.2, 0.25) is 6.29 Å². The SMILES string of the molecule is C=C1CCC=C(C)CCC2C(=CCC=C(C)C)C(OC)OC(OC(C)=O)C12. The summed E-state index contributed by atoms with van der Waals surface area (Å²) in [5.41, 5.74) is 4.90. The molecule has 1 saturated heterocycles. The van der Waals surface area contributed by atoms with Crippen molar-refractivity contribution in [1.29, 1.82) is 0 Å². The van der Waals surface area contributed by atoms with Gasteiger partial charge in [-0.05, 0) is 64.4 Å². The Bertz CT molecular complexity index is 637. The second-order valence-electron chi connectivity index (χ2n) is 7.82. The fourth-order valence-electron chi connectivity index (χ4n) is 3.97. The molecule has 4 atom stereocenters. The van der Waals surface area contributed by atoms with Gasteiger partial charge < -0.3 is 14.2 Å². The third-order valence-corrected chi connectivity index (χ3v) is 5.34. The Kier molecular flexibility index (Phi) is 8.06. The summed E-state index contributed by atoms with van der Waals surface area (Å²) >= 11 is 0. The Labute approximate surface area is 164 Å². The maximum absolute atomic E-state index is 11.7. The number of rotatable bonds is 4. The summed E-state index contributed by atoms with van der Waals surface area (Å²) in [5.74, 6) is -0.197. The topological polar surface area (TPSA) is 44.8 Å². The van der Waals surface area contributed by atoms with Crippen molar-refractivity contribution in [3.8, 4) is 0 Å². The Morgan fingerprint density at radius 1 is 1.33 bits per heavy atom. The molecule has 150 valence electrons. The molecule has 2 aliphatic rings. The molecule has 0 amide bonds. The van der Waals surface area contributed by atoms with Crippen LogP contribution in [0.25, 0.3) is 0 Å². The van der Waals surface area contributed by atoms with Gasteiger partial charge in [-0.25, -0.2) is 0 Å². The molecule has 0 bridgehead atoms. The number of ether oxygens (including phenoxy) is 3. The molecule has 1 heterocycles. The summed E-state index contributed by atoms with van der Waals surface area (Å²) in [5, 5.41) is 0. The Morgan fingerprint density at radius 3 is 2.70 bits per heavy atom. The van der Waals surface area contributed by atoms with E-state index in [0.29, 0.717) is 0 Å². The first-order valence-corrected chi connectivity index (χ1v) is 9.85. The van der Waals surface area contributed by atoms with Crippen LogP contribution in [0.3, 0.4) is 0 Å². The lowest BCUT2D eigenvalue weighted by atomic mass is 9.75. The number of carbonyl (C=O) groups is 1. The molecule has 1 fully saturated rings. The fraction of sp³-hybridized carbons (Fsp3) is 0.609. The van der Waals surface area contributed by atoms with E-state index in [-0.39, 0.29) is 17.8 Å². The zero-order valence-corrected chi connectivity index (χ0v) is 17.4. The molecule has 0 radical (unpaired) electrons. The van der Waals surface area contributed by atoms with Crippen LogP contribution in [0.15, 0.2) is 47.1 Å². The second kappa shape index (κ2) is 10.0. The molecule has 0 saturated carbocycles. The standard InChI is InChI=1S/C23H34O4/c1-15(2)9-7-12-20-19-14-13-16(3)10-8-11-17(4)21(19)23(26-18(5)24)27-22(20)25-6/h9-10,12,19,21-23H,4,7-8,11,13-14H2,1-3,5-6H3. The van der Waals surface area contributed by atoms with Crippen LogP contribution >= 0.6 is 0 Å². The van der Waals surface area contributed by atoms with Crippen LogP contribution in [0.5, 0.6) is 0 Å². The van der Waals surface area contributed by atoms with Crippen LogP contribution in [0.1, 0.15) is 59.8 Å². The van der Waals surface area contributed by atoms with Gasteiger partial charge in [-0.3, -0.25) is 4.79 Å². The average Bonchev–Trinajstić information content (AvgIpc) is 2.65. The van der Waals surface area contributed by atoms with Crippen LogP contribution in [-0.4, -0.2) is 25.7 Å². The number of methoxy groups -OCH3 is 1. The quantitative estimate of drug-likeness (QED) is 0.483. The van der Waals surface area contributed by atoms with E-state index in [0.717, 1.165) is 43.3 Å². The van der Waals surface area contributed by atoms with Crippen LogP contribution in [-0.2, 0) is 19.0 Å². The summed E-state index contributed by atoms with van der Waals surface area (Å²) in [6.07, 6.45) is 10.2. The molecule has 0 aromatic carbocycles. The minimum Gasteiger partial charge on any atom is -0.435 e. The number of allylic oxidation sites excluding steroid dienone is 5. The third kappa shape index (κ3) is 5.91. The van der Waals surface area contributed by atoms with Crippen molar-refractivity contribution in [3.63, 3.8) is 0 Å². The van der Waals surface area contributed by atoms with E-state index in [4.69, 9.17) is 14.2 Å². The summed E-state index contributed by atoms with van der Waals surface area (Å²) < 4.78 is 17.3. The molecule has 1 aliphatic heterocycles. The van der Waals surface area contributed by atoms with E-state index in [1.165, 1.54) is 18.1 Å². The van der Waals surface area contributed by atoms with E-state index in [2.05, 4.69) is 45.6 Å². The highest BCUT2D eigenvalue weighted by atomic mass is 16.8. The molecular weight excluding hydrogens is 340 g/mol. The van der Waals surface area contributed by atoms with E-state index < -0.39 is 12.6 Å². The lowest BCUT2D eigenvalue weighted by molar-refractivity contribution is -0.257. The maximum atomic E-state index is 11.7. The highest BCUT2D eigenvalue weighted by molar-refractivity contribution is 5.66. The molecule has 1 aliphatic carbocycles. The van der Waals surface area contributed by atoms with Gasteiger partial charge >= 0.3 is 5.97 Å². The molecule has 27 heavy (non-hydrogen) atoms. The van der Waals surface area contributed by atoms with Gasteiger partial charge in [0, 0.05) is 20.0 Å². The largest absolute Gasteiger partial charge is 0.435 e. The summed E-state index contributed by atoms with van der Waals surface area (Å²) in [4.78, 5) is 11.7. The van der Waals surface area contributed by atoms with Crippen molar-refractivity contribution in [3.05, 3.63) is 47.1 Å². The first-order chi connectivity index (χ1) is 12.8. The molecule has 4 heteroatoms. The summed E-state index contributed by atoms with van der Waals surface area (Å²) in [6, 6.07) is 0. The molecule has 0 N–H and O–H groups in total. The predicted octanol–water partition coefficient (Wildman–Crippen LogP) is 5.47. The van der Waals surface area contributed by atoms with Crippen molar-refractivity contribution in [1.82, 2.24) is 0 Å². The molecule has 2 rings (SSSR count). The highest BCUT2D eigenvalue weighted by Gasteiger charge is 2.44. The second-order valence-corrected chi connectivity index (χ2v) is 7.82. The van der Waals surface area contributed by atoms with Gasteiger partial charge in [0.15, 0.2) is 6.29 Å². The molecule has 0 aromatic rings. The number of esters is 1. The van der Waals surface area contributed by atoms with E-state index in [1.807, 2.05) is 0 Å². The van der Waals surface area contributed by atoms with Gasteiger partial charge in [-0.2, -0.15) is 0 Å². The first kappa shape index (κ1) is 21.6. The van der Waals surface area contributed by atoms with E-state index >= 15 is 0 Å².